The lowest BCUT2D eigenvalue weighted by atomic mass is 9.93. The molecule has 76 valence electrons. The SMILES string of the molecule is CC(C)(C)C(=O)N1CCCC(O)C1. The summed E-state index contributed by atoms with van der Waals surface area (Å²) in [6.45, 7) is 7.05. The number of piperidine rings is 1. The Morgan fingerprint density at radius 2 is 2.08 bits per heavy atom. The van der Waals surface area contributed by atoms with E-state index in [1.807, 2.05) is 20.8 Å². The molecule has 0 aromatic rings. The molecule has 3 heteroatoms. The molecule has 1 saturated heterocycles. The average molecular weight is 185 g/mol. The van der Waals surface area contributed by atoms with Crippen molar-refractivity contribution in [1.29, 1.82) is 0 Å². The summed E-state index contributed by atoms with van der Waals surface area (Å²) in [6, 6.07) is 0. The Balaban J connectivity index is 2.56. The van der Waals surface area contributed by atoms with Gasteiger partial charge in [0.25, 0.3) is 0 Å². The molecule has 1 fully saturated rings. The van der Waals surface area contributed by atoms with Crippen LogP contribution in [0.15, 0.2) is 0 Å². The predicted octanol–water partition coefficient (Wildman–Crippen LogP) is 1.02. The van der Waals surface area contributed by atoms with E-state index in [1.165, 1.54) is 0 Å². The van der Waals surface area contributed by atoms with Crippen LogP contribution in [0.25, 0.3) is 0 Å². The third-order valence-corrected chi connectivity index (χ3v) is 2.33. The van der Waals surface area contributed by atoms with Crippen LogP contribution in [-0.2, 0) is 4.79 Å². The molecule has 0 saturated carbocycles. The molecule has 1 aliphatic rings. The van der Waals surface area contributed by atoms with Crippen LogP contribution in [0.1, 0.15) is 33.6 Å². The largest absolute Gasteiger partial charge is 0.391 e. The summed E-state index contributed by atoms with van der Waals surface area (Å²) < 4.78 is 0. The molecule has 13 heavy (non-hydrogen) atoms. The lowest BCUT2D eigenvalue weighted by molar-refractivity contribution is -0.142. The van der Waals surface area contributed by atoms with Crippen LogP contribution in [0.2, 0.25) is 0 Å². The zero-order chi connectivity index (χ0) is 10.1. The standard InChI is InChI=1S/C10H19NO2/c1-10(2,3)9(13)11-6-4-5-8(12)7-11/h8,12H,4-7H2,1-3H3. The summed E-state index contributed by atoms with van der Waals surface area (Å²) >= 11 is 0. The van der Waals surface area contributed by atoms with Gasteiger partial charge in [-0.15, -0.1) is 0 Å². The van der Waals surface area contributed by atoms with E-state index in [9.17, 15) is 9.90 Å². The average Bonchev–Trinajstić information content (AvgIpc) is 2.01. The van der Waals surface area contributed by atoms with Crippen molar-refractivity contribution in [2.75, 3.05) is 13.1 Å². The molecule has 0 aliphatic carbocycles. The fourth-order valence-corrected chi connectivity index (χ4v) is 1.61. The van der Waals surface area contributed by atoms with Crippen LogP contribution in [0, 0.1) is 5.41 Å². The molecular weight excluding hydrogens is 166 g/mol. The normalized spacial score (nSPS) is 24.6. The first-order valence-corrected chi connectivity index (χ1v) is 4.88. The topological polar surface area (TPSA) is 40.5 Å². The number of nitrogens with zero attached hydrogens (tertiary/aromatic N) is 1. The van der Waals surface area contributed by atoms with Crippen molar-refractivity contribution >= 4 is 5.91 Å². The van der Waals surface area contributed by atoms with Crippen LogP contribution in [0.3, 0.4) is 0 Å². The maximum atomic E-state index is 11.8. The van der Waals surface area contributed by atoms with Gasteiger partial charge in [0, 0.05) is 18.5 Å². The molecule has 1 heterocycles. The summed E-state index contributed by atoms with van der Waals surface area (Å²) in [5.41, 5.74) is -0.322. The summed E-state index contributed by atoms with van der Waals surface area (Å²) in [4.78, 5) is 13.6. The fourth-order valence-electron chi connectivity index (χ4n) is 1.61. The summed E-state index contributed by atoms with van der Waals surface area (Å²) in [5, 5.41) is 9.40. The fraction of sp³-hybridized carbons (Fsp3) is 0.900. The van der Waals surface area contributed by atoms with Gasteiger partial charge >= 0.3 is 0 Å². The van der Waals surface area contributed by atoms with Crippen LogP contribution in [0.5, 0.6) is 0 Å². The number of aliphatic hydroxyl groups is 1. The van der Waals surface area contributed by atoms with Crippen molar-refractivity contribution < 1.29 is 9.90 Å². The Kier molecular flexibility index (Phi) is 2.96. The molecule has 0 aromatic heterocycles. The number of carbonyl (C=O) groups excluding carboxylic acids is 1. The van der Waals surface area contributed by atoms with Crippen molar-refractivity contribution in [3.8, 4) is 0 Å². The number of aliphatic hydroxyl groups excluding tert-OH is 1. The van der Waals surface area contributed by atoms with Gasteiger partial charge in [-0.05, 0) is 12.8 Å². The lowest BCUT2D eigenvalue weighted by Gasteiger charge is -2.34. The molecule has 1 rings (SSSR count). The van der Waals surface area contributed by atoms with Gasteiger partial charge in [-0.3, -0.25) is 4.79 Å². The third-order valence-electron chi connectivity index (χ3n) is 2.33. The Morgan fingerprint density at radius 1 is 1.46 bits per heavy atom. The van der Waals surface area contributed by atoms with Crippen molar-refractivity contribution in [1.82, 2.24) is 4.90 Å². The first kappa shape index (κ1) is 10.5. The van der Waals surface area contributed by atoms with E-state index in [-0.39, 0.29) is 17.4 Å². The minimum Gasteiger partial charge on any atom is -0.391 e. The molecule has 3 nitrogen and oxygen atoms in total. The Hall–Kier alpha value is -0.570. The number of likely N-dealkylation sites (tertiary alicyclic amines) is 1. The van der Waals surface area contributed by atoms with Crippen LogP contribution in [0.4, 0.5) is 0 Å². The third kappa shape index (κ3) is 2.69. The smallest absolute Gasteiger partial charge is 0.228 e. The van der Waals surface area contributed by atoms with E-state index < -0.39 is 0 Å². The minimum absolute atomic E-state index is 0.145. The predicted molar refractivity (Wildman–Crippen MR) is 51.3 cm³/mol. The van der Waals surface area contributed by atoms with E-state index >= 15 is 0 Å². The first-order chi connectivity index (χ1) is 5.91. The molecule has 1 amide bonds. The second kappa shape index (κ2) is 3.66. The summed E-state index contributed by atoms with van der Waals surface area (Å²) in [5.74, 6) is 0.145. The molecule has 0 aromatic carbocycles. The Morgan fingerprint density at radius 3 is 2.54 bits per heavy atom. The van der Waals surface area contributed by atoms with E-state index in [2.05, 4.69) is 0 Å². The molecule has 0 bridgehead atoms. The molecule has 1 unspecified atom stereocenters. The van der Waals surface area contributed by atoms with Gasteiger partial charge in [0.15, 0.2) is 0 Å². The van der Waals surface area contributed by atoms with Gasteiger partial charge in [0.2, 0.25) is 5.91 Å². The number of hydrogen-bond donors (Lipinski definition) is 1. The molecule has 0 spiro atoms. The van der Waals surface area contributed by atoms with E-state index in [4.69, 9.17) is 0 Å². The van der Waals surface area contributed by atoms with Crippen molar-refractivity contribution in [3.63, 3.8) is 0 Å². The number of amides is 1. The number of rotatable bonds is 0. The maximum Gasteiger partial charge on any atom is 0.228 e. The Labute approximate surface area is 79.7 Å². The van der Waals surface area contributed by atoms with E-state index in [0.29, 0.717) is 6.54 Å². The number of hydrogen-bond acceptors (Lipinski definition) is 2. The van der Waals surface area contributed by atoms with Crippen LogP contribution < -0.4 is 0 Å². The highest BCUT2D eigenvalue weighted by atomic mass is 16.3. The zero-order valence-electron chi connectivity index (χ0n) is 8.71. The van der Waals surface area contributed by atoms with Crippen LogP contribution >= 0.6 is 0 Å². The van der Waals surface area contributed by atoms with Crippen molar-refractivity contribution in [3.05, 3.63) is 0 Å². The van der Waals surface area contributed by atoms with E-state index in [1.54, 1.807) is 4.90 Å². The van der Waals surface area contributed by atoms with E-state index in [0.717, 1.165) is 19.4 Å². The quantitative estimate of drug-likeness (QED) is 0.612. The molecular formula is C10H19NO2. The molecule has 0 radical (unpaired) electrons. The van der Waals surface area contributed by atoms with Gasteiger partial charge in [0.05, 0.1) is 6.10 Å². The monoisotopic (exact) mass is 185 g/mol. The maximum absolute atomic E-state index is 11.8. The molecule has 1 aliphatic heterocycles. The van der Waals surface area contributed by atoms with Crippen LogP contribution in [-0.4, -0.2) is 35.1 Å². The highest BCUT2D eigenvalue weighted by Gasteiger charge is 2.30. The zero-order valence-corrected chi connectivity index (χ0v) is 8.71. The highest BCUT2D eigenvalue weighted by molar-refractivity contribution is 5.81. The van der Waals surface area contributed by atoms with Gasteiger partial charge < -0.3 is 10.0 Å². The Bertz CT molecular complexity index is 196. The van der Waals surface area contributed by atoms with Crippen molar-refractivity contribution in [2.45, 2.75) is 39.7 Å². The summed E-state index contributed by atoms with van der Waals surface area (Å²) in [7, 11) is 0. The molecule has 1 atom stereocenters. The first-order valence-electron chi connectivity index (χ1n) is 4.88. The molecule has 1 N–H and O–H groups in total. The highest BCUT2D eigenvalue weighted by Crippen LogP contribution is 2.20. The minimum atomic E-state index is -0.322. The van der Waals surface area contributed by atoms with Gasteiger partial charge in [-0.2, -0.15) is 0 Å². The van der Waals surface area contributed by atoms with Crippen molar-refractivity contribution in [2.24, 2.45) is 5.41 Å². The number of β-amino-alcohol motifs (C(OH)–C–C–N with tert-alkyl or cyclic N) is 1. The lowest BCUT2D eigenvalue weighted by Crippen LogP contribution is -2.46. The van der Waals surface area contributed by atoms with Gasteiger partial charge in [0.1, 0.15) is 0 Å². The number of carbonyl (C=O) groups is 1. The summed E-state index contributed by atoms with van der Waals surface area (Å²) in [6.07, 6.45) is 1.43. The second-order valence-corrected chi connectivity index (χ2v) is 4.80. The van der Waals surface area contributed by atoms with Gasteiger partial charge in [-0.25, -0.2) is 0 Å². The van der Waals surface area contributed by atoms with Gasteiger partial charge in [-0.1, -0.05) is 20.8 Å². The second-order valence-electron chi connectivity index (χ2n) is 4.80.